The number of amides is 1. The Morgan fingerprint density at radius 1 is 1.26 bits per heavy atom. The van der Waals surface area contributed by atoms with Gasteiger partial charge in [-0.05, 0) is 51.8 Å². The molecule has 98 valence electrons. The zero-order valence-corrected chi connectivity index (χ0v) is 12.1. The predicted octanol–water partition coefficient (Wildman–Crippen LogP) is 4.58. The van der Waals surface area contributed by atoms with Crippen LogP contribution in [0.25, 0.3) is 0 Å². The Balaban J connectivity index is 2.18. The van der Waals surface area contributed by atoms with E-state index in [9.17, 15) is 9.18 Å². The average molecular weight is 343 g/mol. The Bertz CT molecular complexity index is 618. The van der Waals surface area contributed by atoms with Crippen LogP contribution in [0, 0.1) is 5.82 Å². The van der Waals surface area contributed by atoms with Crippen molar-refractivity contribution in [2.24, 2.45) is 0 Å². The second-order valence-electron chi connectivity index (χ2n) is 3.92. The minimum absolute atomic E-state index is 0.259. The number of anilines is 1. The number of hydrogen-bond acceptors (Lipinski definition) is 1. The summed E-state index contributed by atoms with van der Waals surface area (Å²) < 4.78 is 13.4. The lowest BCUT2D eigenvalue weighted by Crippen LogP contribution is -2.12. The molecule has 0 bridgehead atoms. The number of benzene rings is 2. The summed E-state index contributed by atoms with van der Waals surface area (Å²) in [7, 11) is 0. The zero-order valence-electron chi connectivity index (χ0n) is 9.79. The lowest BCUT2D eigenvalue weighted by Gasteiger charge is -2.07. The molecule has 0 unspecified atom stereocenters. The largest absolute Gasteiger partial charge is 0.322 e. The quantitative estimate of drug-likeness (QED) is 0.813. The second-order valence-corrected chi connectivity index (χ2v) is 5.04. The van der Waals surface area contributed by atoms with E-state index in [4.69, 9.17) is 11.6 Å². The molecule has 19 heavy (non-hydrogen) atoms. The lowest BCUT2D eigenvalue weighted by molar-refractivity contribution is 0.102. The first-order valence-corrected chi connectivity index (χ1v) is 6.84. The molecule has 0 heterocycles. The van der Waals surface area contributed by atoms with E-state index in [1.807, 2.05) is 12.1 Å². The van der Waals surface area contributed by atoms with Gasteiger partial charge < -0.3 is 5.32 Å². The van der Waals surface area contributed by atoms with Gasteiger partial charge in [-0.25, -0.2) is 4.39 Å². The van der Waals surface area contributed by atoms with E-state index < -0.39 is 5.82 Å². The van der Waals surface area contributed by atoms with E-state index in [0.29, 0.717) is 17.1 Å². The van der Waals surface area contributed by atoms with Crippen molar-refractivity contribution in [3.8, 4) is 0 Å². The Kier molecular flexibility index (Phi) is 4.56. The monoisotopic (exact) mass is 341 g/mol. The van der Waals surface area contributed by atoms with Crippen LogP contribution in [0.3, 0.4) is 0 Å². The van der Waals surface area contributed by atoms with E-state index in [0.717, 1.165) is 5.56 Å². The molecule has 1 N–H and O–H groups in total. The Hall–Kier alpha value is -1.39. The molecule has 0 aliphatic heterocycles. The molecule has 0 saturated heterocycles. The van der Waals surface area contributed by atoms with Crippen LogP contribution in [0.4, 0.5) is 10.1 Å². The maximum Gasteiger partial charge on any atom is 0.255 e. The maximum atomic E-state index is 13.1. The minimum atomic E-state index is -0.402. The number of hydrogen-bond donors (Lipinski definition) is 1. The van der Waals surface area contributed by atoms with E-state index in [2.05, 4.69) is 21.2 Å². The van der Waals surface area contributed by atoms with Gasteiger partial charge in [0.15, 0.2) is 0 Å². The van der Waals surface area contributed by atoms with Gasteiger partial charge in [0.25, 0.3) is 5.91 Å². The summed E-state index contributed by atoms with van der Waals surface area (Å²) in [6, 6.07) is 11.4. The van der Waals surface area contributed by atoms with Crippen molar-refractivity contribution in [3.63, 3.8) is 0 Å². The highest BCUT2D eigenvalue weighted by atomic mass is 79.9. The number of carbonyl (C=O) groups is 1. The molecule has 0 aliphatic carbocycles. The third kappa shape index (κ3) is 3.55. The molecule has 0 aliphatic rings. The first kappa shape index (κ1) is 14.0. The van der Waals surface area contributed by atoms with Gasteiger partial charge in [0.2, 0.25) is 0 Å². The number of alkyl halides is 1. The SMILES string of the molecule is O=C(Nc1cccc(CCl)c1)c1ccc(F)c(Br)c1. The van der Waals surface area contributed by atoms with Crippen LogP contribution >= 0.6 is 27.5 Å². The highest BCUT2D eigenvalue weighted by molar-refractivity contribution is 9.10. The number of nitrogens with one attached hydrogen (secondary N) is 1. The third-order valence-electron chi connectivity index (χ3n) is 2.52. The van der Waals surface area contributed by atoms with Crippen LogP contribution in [0.5, 0.6) is 0 Å². The topological polar surface area (TPSA) is 29.1 Å². The molecule has 1 amide bonds. The van der Waals surface area contributed by atoms with Gasteiger partial charge in [-0.2, -0.15) is 0 Å². The number of rotatable bonds is 3. The molecule has 0 saturated carbocycles. The molecule has 2 aromatic carbocycles. The summed E-state index contributed by atoms with van der Waals surface area (Å²) in [6.07, 6.45) is 0. The molecule has 0 aromatic heterocycles. The standard InChI is InChI=1S/C14H10BrClFNO/c15-12-7-10(4-5-13(12)17)14(19)18-11-3-1-2-9(6-11)8-16/h1-7H,8H2,(H,18,19). The highest BCUT2D eigenvalue weighted by Gasteiger charge is 2.09. The van der Waals surface area contributed by atoms with Crippen molar-refractivity contribution in [2.75, 3.05) is 5.32 Å². The fourth-order valence-corrected chi connectivity index (χ4v) is 2.12. The minimum Gasteiger partial charge on any atom is -0.322 e. The van der Waals surface area contributed by atoms with Crippen molar-refractivity contribution < 1.29 is 9.18 Å². The Morgan fingerprint density at radius 3 is 2.74 bits per heavy atom. The molecule has 2 nitrogen and oxygen atoms in total. The Labute approximate surface area is 123 Å². The smallest absolute Gasteiger partial charge is 0.255 e. The van der Waals surface area contributed by atoms with Gasteiger partial charge in [-0.15, -0.1) is 11.6 Å². The van der Waals surface area contributed by atoms with Gasteiger partial charge >= 0.3 is 0 Å². The van der Waals surface area contributed by atoms with E-state index in [1.54, 1.807) is 12.1 Å². The van der Waals surface area contributed by atoms with Crippen LogP contribution < -0.4 is 5.32 Å². The Morgan fingerprint density at radius 2 is 2.05 bits per heavy atom. The summed E-state index contributed by atoms with van der Waals surface area (Å²) in [5, 5.41) is 2.74. The molecule has 0 fully saturated rings. The van der Waals surface area contributed by atoms with Crippen molar-refractivity contribution in [1.29, 1.82) is 0 Å². The summed E-state index contributed by atoms with van der Waals surface area (Å²) in [6.45, 7) is 0. The van der Waals surface area contributed by atoms with Gasteiger partial charge in [-0.3, -0.25) is 4.79 Å². The van der Waals surface area contributed by atoms with Crippen molar-refractivity contribution in [3.05, 3.63) is 63.9 Å². The molecular weight excluding hydrogens is 333 g/mol. The third-order valence-corrected chi connectivity index (χ3v) is 3.44. The molecule has 5 heteroatoms. The summed E-state index contributed by atoms with van der Waals surface area (Å²) in [4.78, 5) is 12.0. The van der Waals surface area contributed by atoms with E-state index in [-0.39, 0.29) is 10.4 Å². The predicted molar refractivity (Wildman–Crippen MR) is 78.1 cm³/mol. The van der Waals surface area contributed by atoms with Crippen molar-refractivity contribution >= 4 is 39.1 Å². The first-order valence-electron chi connectivity index (χ1n) is 5.51. The van der Waals surface area contributed by atoms with E-state index in [1.165, 1.54) is 18.2 Å². The fourth-order valence-electron chi connectivity index (χ4n) is 1.57. The second kappa shape index (κ2) is 6.17. The van der Waals surface area contributed by atoms with Crippen LogP contribution in [-0.4, -0.2) is 5.91 Å². The summed E-state index contributed by atoms with van der Waals surface area (Å²) in [5.41, 5.74) is 1.95. The number of carbonyl (C=O) groups excluding carboxylic acids is 1. The van der Waals surface area contributed by atoms with Gasteiger partial charge in [0.1, 0.15) is 5.82 Å². The van der Waals surface area contributed by atoms with Gasteiger partial charge in [-0.1, -0.05) is 12.1 Å². The molecule has 2 aromatic rings. The number of halogens is 3. The first-order chi connectivity index (χ1) is 9.10. The van der Waals surface area contributed by atoms with Crippen molar-refractivity contribution in [1.82, 2.24) is 0 Å². The van der Waals surface area contributed by atoms with Gasteiger partial charge in [0, 0.05) is 17.1 Å². The fraction of sp³-hybridized carbons (Fsp3) is 0.0714. The zero-order chi connectivity index (χ0) is 13.8. The van der Waals surface area contributed by atoms with Crippen LogP contribution in [0.1, 0.15) is 15.9 Å². The highest BCUT2D eigenvalue weighted by Crippen LogP contribution is 2.18. The van der Waals surface area contributed by atoms with Crippen LogP contribution in [0.2, 0.25) is 0 Å². The maximum absolute atomic E-state index is 13.1. The molecule has 0 atom stereocenters. The average Bonchev–Trinajstić information content (AvgIpc) is 2.42. The summed E-state index contributed by atoms with van der Waals surface area (Å²) >= 11 is 8.78. The van der Waals surface area contributed by atoms with E-state index >= 15 is 0 Å². The van der Waals surface area contributed by atoms with Crippen molar-refractivity contribution in [2.45, 2.75) is 5.88 Å². The molecule has 0 spiro atoms. The lowest BCUT2D eigenvalue weighted by atomic mass is 10.2. The molecular formula is C14H10BrClFNO. The van der Waals surface area contributed by atoms with Gasteiger partial charge in [0.05, 0.1) is 4.47 Å². The molecule has 2 rings (SSSR count). The van der Waals surface area contributed by atoms with Crippen LogP contribution in [-0.2, 0) is 5.88 Å². The summed E-state index contributed by atoms with van der Waals surface area (Å²) in [5.74, 6) is -0.320. The normalized spacial score (nSPS) is 10.3. The molecule has 0 radical (unpaired) electrons. The van der Waals surface area contributed by atoms with Crippen LogP contribution in [0.15, 0.2) is 46.9 Å².